The standard InChI is InChI=1S/C22H29N3O4/c1-16-6-4-12-24(15-16)20(26)7-5-13-25-21(27)14-19(29-3)22(23-25)17-8-10-18(28-2)11-9-17/h8-11,14,16H,4-7,12-13,15H2,1-3H3. The number of rotatable bonds is 7. The van der Waals surface area contributed by atoms with Crippen molar-refractivity contribution in [3.63, 3.8) is 0 Å². The topological polar surface area (TPSA) is 73.7 Å². The summed E-state index contributed by atoms with van der Waals surface area (Å²) < 4.78 is 12.0. The highest BCUT2D eigenvalue weighted by Gasteiger charge is 2.20. The molecule has 1 atom stereocenters. The number of hydrogen-bond acceptors (Lipinski definition) is 5. The second kappa shape index (κ2) is 9.58. The Balaban J connectivity index is 1.70. The summed E-state index contributed by atoms with van der Waals surface area (Å²) in [7, 11) is 3.13. The number of methoxy groups -OCH3 is 2. The summed E-state index contributed by atoms with van der Waals surface area (Å²) in [4.78, 5) is 26.8. The van der Waals surface area contributed by atoms with Gasteiger partial charge in [0, 0.05) is 37.7 Å². The number of piperidine rings is 1. The van der Waals surface area contributed by atoms with E-state index in [-0.39, 0.29) is 11.5 Å². The number of aryl methyl sites for hydroxylation is 1. The summed E-state index contributed by atoms with van der Waals surface area (Å²) >= 11 is 0. The van der Waals surface area contributed by atoms with Crippen molar-refractivity contribution in [2.75, 3.05) is 27.3 Å². The number of carbonyl (C=O) groups is 1. The van der Waals surface area contributed by atoms with Gasteiger partial charge in [-0.25, -0.2) is 4.68 Å². The Labute approximate surface area is 171 Å². The highest BCUT2D eigenvalue weighted by Crippen LogP contribution is 2.27. The number of benzene rings is 1. The highest BCUT2D eigenvalue weighted by atomic mass is 16.5. The van der Waals surface area contributed by atoms with Crippen LogP contribution in [0.3, 0.4) is 0 Å². The zero-order valence-electron chi connectivity index (χ0n) is 17.4. The molecule has 2 heterocycles. The predicted molar refractivity (Wildman–Crippen MR) is 111 cm³/mol. The molecule has 1 aliphatic heterocycles. The lowest BCUT2D eigenvalue weighted by Gasteiger charge is -2.31. The largest absolute Gasteiger partial charge is 0.497 e. The Hall–Kier alpha value is -2.83. The predicted octanol–water partition coefficient (Wildman–Crippen LogP) is 2.97. The van der Waals surface area contributed by atoms with E-state index in [0.717, 1.165) is 30.8 Å². The van der Waals surface area contributed by atoms with Crippen LogP contribution in [0, 0.1) is 5.92 Å². The SMILES string of the molecule is COc1ccc(-c2nn(CCCC(=O)N3CCCC(C)C3)c(=O)cc2OC)cc1. The summed E-state index contributed by atoms with van der Waals surface area (Å²) in [5.74, 6) is 1.89. The molecule has 156 valence electrons. The van der Waals surface area contributed by atoms with E-state index < -0.39 is 0 Å². The van der Waals surface area contributed by atoms with Gasteiger partial charge in [0.05, 0.1) is 14.2 Å². The fourth-order valence-electron chi connectivity index (χ4n) is 3.69. The summed E-state index contributed by atoms with van der Waals surface area (Å²) in [6.07, 6.45) is 3.25. The molecule has 3 rings (SSSR count). The molecule has 2 aromatic rings. The number of amides is 1. The van der Waals surface area contributed by atoms with E-state index >= 15 is 0 Å². The third-order valence-corrected chi connectivity index (χ3v) is 5.32. The highest BCUT2D eigenvalue weighted by molar-refractivity contribution is 5.76. The second-order valence-corrected chi connectivity index (χ2v) is 7.54. The second-order valence-electron chi connectivity index (χ2n) is 7.54. The Bertz CT molecular complexity index is 892. The van der Waals surface area contributed by atoms with Crippen LogP contribution in [0.4, 0.5) is 0 Å². The van der Waals surface area contributed by atoms with E-state index in [1.807, 2.05) is 29.2 Å². The summed E-state index contributed by atoms with van der Waals surface area (Å²) in [6, 6.07) is 8.87. The summed E-state index contributed by atoms with van der Waals surface area (Å²) in [5.41, 5.74) is 1.18. The van der Waals surface area contributed by atoms with E-state index in [2.05, 4.69) is 12.0 Å². The average Bonchev–Trinajstić information content (AvgIpc) is 2.74. The number of ether oxygens (including phenoxy) is 2. The molecular formula is C22H29N3O4. The monoisotopic (exact) mass is 399 g/mol. The molecule has 1 aromatic carbocycles. The lowest BCUT2D eigenvalue weighted by atomic mass is 10.00. The Morgan fingerprint density at radius 2 is 1.97 bits per heavy atom. The van der Waals surface area contributed by atoms with Crippen molar-refractivity contribution in [2.24, 2.45) is 5.92 Å². The average molecular weight is 399 g/mol. The van der Waals surface area contributed by atoms with Crippen LogP contribution in [0.2, 0.25) is 0 Å². The molecule has 1 aliphatic rings. The minimum atomic E-state index is -0.238. The van der Waals surface area contributed by atoms with Crippen molar-refractivity contribution in [1.29, 1.82) is 0 Å². The van der Waals surface area contributed by atoms with Crippen LogP contribution in [-0.4, -0.2) is 47.9 Å². The molecule has 1 saturated heterocycles. The zero-order valence-corrected chi connectivity index (χ0v) is 17.4. The van der Waals surface area contributed by atoms with E-state index in [0.29, 0.717) is 36.7 Å². The Kier molecular flexibility index (Phi) is 6.90. The van der Waals surface area contributed by atoms with Crippen molar-refractivity contribution >= 4 is 5.91 Å². The molecule has 1 amide bonds. The quantitative estimate of drug-likeness (QED) is 0.716. The van der Waals surface area contributed by atoms with E-state index in [4.69, 9.17) is 9.47 Å². The Morgan fingerprint density at radius 1 is 1.21 bits per heavy atom. The summed E-state index contributed by atoms with van der Waals surface area (Å²) in [6.45, 7) is 4.24. The molecule has 0 radical (unpaired) electrons. The van der Waals surface area contributed by atoms with Crippen LogP contribution in [0.5, 0.6) is 11.5 Å². The van der Waals surface area contributed by atoms with Crippen molar-refractivity contribution < 1.29 is 14.3 Å². The normalized spacial score (nSPS) is 16.5. The van der Waals surface area contributed by atoms with E-state index in [1.54, 1.807) is 7.11 Å². The smallest absolute Gasteiger partial charge is 0.270 e. The number of aromatic nitrogens is 2. The van der Waals surface area contributed by atoms with Crippen molar-refractivity contribution in [3.8, 4) is 22.8 Å². The third-order valence-electron chi connectivity index (χ3n) is 5.32. The van der Waals surface area contributed by atoms with Crippen molar-refractivity contribution in [3.05, 3.63) is 40.7 Å². The minimum absolute atomic E-state index is 0.161. The van der Waals surface area contributed by atoms with Crippen molar-refractivity contribution in [1.82, 2.24) is 14.7 Å². The van der Waals surface area contributed by atoms with E-state index in [9.17, 15) is 9.59 Å². The number of nitrogens with zero attached hydrogens (tertiary/aromatic N) is 3. The molecule has 0 N–H and O–H groups in total. The molecule has 1 unspecified atom stereocenters. The van der Waals surface area contributed by atoms with Gasteiger partial charge in [-0.2, -0.15) is 5.10 Å². The summed E-state index contributed by atoms with van der Waals surface area (Å²) in [5, 5.41) is 4.50. The van der Waals surface area contributed by atoms with Gasteiger partial charge in [0.15, 0.2) is 5.75 Å². The van der Waals surface area contributed by atoms with Crippen LogP contribution >= 0.6 is 0 Å². The van der Waals surface area contributed by atoms with E-state index in [1.165, 1.54) is 24.3 Å². The lowest BCUT2D eigenvalue weighted by Crippen LogP contribution is -2.39. The van der Waals surface area contributed by atoms with Gasteiger partial charge in [0.2, 0.25) is 5.91 Å². The fourth-order valence-corrected chi connectivity index (χ4v) is 3.69. The first-order valence-corrected chi connectivity index (χ1v) is 10.1. The molecule has 0 saturated carbocycles. The molecule has 7 nitrogen and oxygen atoms in total. The van der Waals surface area contributed by atoms with Gasteiger partial charge in [0.25, 0.3) is 5.56 Å². The third kappa shape index (κ3) is 5.16. The maximum absolute atomic E-state index is 12.5. The van der Waals surface area contributed by atoms with Gasteiger partial charge < -0.3 is 14.4 Å². The molecule has 0 bridgehead atoms. The van der Waals surface area contributed by atoms with Crippen LogP contribution in [0.25, 0.3) is 11.3 Å². The zero-order chi connectivity index (χ0) is 20.8. The fraction of sp³-hybridized carbons (Fsp3) is 0.500. The molecule has 0 spiro atoms. The molecule has 29 heavy (non-hydrogen) atoms. The molecular weight excluding hydrogens is 370 g/mol. The first-order chi connectivity index (χ1) is 14.0. The van der Waals surface area contributed by atoms with Gasteiger partial charge in [-0.05, 0) is 49.4 Å². The van der Waals surface area contributed by atoms with Gasteiger partial charge >= 0.3 is 0 Å². The minimum Gasteiger partial charge on any atom is -0.497 e. The van der Waals surface area contributed by atoms with Crippen LogP contribution in [0.15, 0.2) is 35.1 Å². The number of hydrogen-bond donors (Lipinski definition) is 0. The number of likely N-dealkylation sites (tertiary alicyclic amines) is 1. The molecule has 1 aromatic heterocycles. The first kappa shape index (κ1) is 20.9. The number of carbonyl (C=O) groups excluding carboxylic acids is 1. The van der Waals surface area contributed by atoms with Gasteiger partial charge in [-0.15, -0.1) is 0 Å². The molecule has 7 heteroatoms. The van der Waals surface area contributed by atoms with Crippen LogP contribution in [-0.2, 0) is 11.3 Å². The Morgan fingerprint density at radius 3 is 2.62 bits per heavy atom. The first-order valence-electron chi connectivity index (χ1n) is 10.1. The van der Waals surface area contributed by atoms with Gasteiger partial charge in [-0.3, -0.25) is 9.59 Å². The van der Waals surface area contributed by atoms with Crippen LogP contribution < -0.4 is 15.0 Å². The van der Waals surface area contributed by atoms with Crippen LogP contribution in [0.1, 0.15) is 32.6 Å². The molecule has 0 aliphatic carbocycles. The maximum Gasteiger partial charge on any atom is 0.270 e. The lowest BCUT2D eigenvalue weighted by molar-refractivity contribution is -0.133. The molecule has 1 fully saturated rings. The van der Waals surface area contributed by atoms with Crippen molar-refractivity contribution in [2.45, 2.75) is 39.2 Å². The maximum atomic E-state index is 12.5. The van der Waals surface area contributed by atoms with Gasteiger partial charge in [0.1, 0.15) is 11.4 Å². The van der Waals surface area contributed by atoms with Gasteiger partial charge in [-0.1, -0.05) is 6.92 Å².